The predicted molar refractivity (Wildman–Crippen MR) is 84.7 cm³/mol. The van der Waals surface area contributed by atoms with E-state index in [1.54, 1.807) is 12.1 Å². The van der Waals surface area contributed by atoms with Gasteiger partial charge in [0.1, 0.15) is 0 Å². The molecule has 1 fully saturated rings. The molecule has 0 aromatic heterocycles. The summed E-state index contributed by atoms with van der Waals surface area (Å²) in [5.41, 5.74) is 5.74. The first-order valence-electron chi connectivity index (χ1n) is 6.64. The Morgan fingerprint density at radius 2 is 1.70 bits per heavy atom. The number of hydrogen-bond donors (Lipinski definition) is 2. The average molecular weight is 336 g/mol. The summed E-state index contributed by atoms with van der Waals surface area (Å²) in [4.78, 5) is 12.6. The van der Waals surface area contributed by atoms with Crippen LogP contribution in [0.15, 0.2) is 12.1 Å². The lowest BCUT2D eigenvalue weighted by atomic mass is 9.73. The number of hydrogen-bond acceptors (Lipinski definition) is 2. The largest absolute Gasteiger partial charge is 0.329 e. The number of nitrogens with one attached hydrogen (secondary N) is 1. The van der Waals surface area contributed by atoms with Crippen molar-refractivity contribution in [2.24, 2.45) is 11.1 Å². The maximum Gasteiger partial charge on any atom is 0.231 e. The molecule has 2 rings (SSSR count). The van der Waals surface area contributed by atoms with Gasteiger partial charge in [-0.15, -0.1) is 0 Å². The average Bonchev–Trinajstić information content (AvgIpc) is 2.43. The van der Waals surface area contributed by atoms with Crippen molar-refractivity contribution >= 4 is 46.4 Å². The van der Waals surface area contributed by atoms with Gasteiger partial charge in [0.25, 0.3) is 0 Å². The SMILES string of the molecule is NCC1(C(=O)Nc2c(Cl)cc(Cl)cc2Cl)CCCCC1. The van der Waals surface area contributed by atoms with E-state index in [0.29, 0.717) is 27.3 Å². The fraction of sp³-hybridized carbons (Fsp3) is 0.500. The first-order valence-corrected chi connectivity index (χ1v) is 7.78. The van der Waals surface area contributed by atoms with Crippen molar-refractivity contribution in [2.75, 3.05) is 11.9 Å². The van der Waals surface area contributed by atoms with Gasteiger partial charge in [-0.2, -0.15) is 0 Å². The van der Waals surface area contributed by atoms with Gasteiger partial charge in [0.05, 0.1) is 21.1 Å². The van der Waals surface area contributed by atoms with Crippen LogP contribution >= 0.6 is 34.8 Å². The summed E-state index contributed by atoms with van der Waals surface area (Å²) >= 11 is 18.0. The smallest absolute Gasteiger partial charge is 0.231 e. The standard InChI is InChI=1S/C14H17Cl3N2O/c15-9-6-10(16)12(11(17)7-9)19-13(20)14(8-18)4-2-1-3-5-14/h6-7H,1-5,8,18H2,(H,19,20). The van der Waals surface area contributed by atoms with Gasteiger partial charge >= 0.3 is 0 Å². The Morgan fingerprint density at radius 1 is 1.15 bits per heavy atom. The highest BCUT2D eigenvalue weighted by Gasteiger charge is 2.38. The molecule has 1 aliphatic carbocycles. The first kappa shape index (κ1) is 15.9. The van der Waals surface area contributed by atoms with Crippen LogP contribution in [0, 0.1) is 5.41 Å². The summed E-state index contributed by atoms with van der Waals surface area (Å²) in [5.74, 6) is -0.106. The Labute approximate surface area is 133 Å². The fourth-order valence-corrected chi connectivity index (χ4v) is 3.57. The summed E-state index contributed by atoms with van der Waals surface area (Å²) in [7, 11) is 0. The summed E-state index contributed by atoms with van der Waals surface area (Å²) in [6, 6.07) is 3.11. The van der Waals surface area contributed by atoms with Gasteiger partial charge in [-0.1, -0.05) is 54.1 Å². The minimum absolute atomic E-state index is 0.106. The van der Waals surface area contributed by atoms with Crippen LogP contribution in [-0.4, -0.2) is 12.5 Å². The van der Waals surface area contributed by atoms with Crippen LogP contribution < -0.4 is 11.1 Å². The molecule has 1 amide bonds. The Hall–Kier alpha value is -0.480. The van der Waals surface area contributed by atoms with Crippen molar-refractivity contribution in [3.05, 3.63) is 27.2 Å². The normalized spacial score (nSPS) is 17.8. The molecule has 0 bridgehead atoms. The number of benzene rings is 1. The summed E-state index contributed by atoms with van der Waals surface area (Å²) in [6.45, 7) is 0.335. The molecule has 1 saturated carbocycles. The second-order valence-corrected chi connectivity index (χ2v) is 6.49. The number of nitrogens with two attached hydrogens (primary N) is 1. The van der Waals surface area contributed by atoms with Crippen molar-refractivity contribution in [1.82, 2.24) is 0 Å². The van der Waals surface area contributed by atoms with Crippen LogP contribution in [0.4, 0.5) is 5.69 Å². The van der Waals surface area contributed by atoms with Crippen molar-refractivity contribution in [2.45, 2.75) is 32.1 Å². The molecular formula is C14H17Cl3N2O. The van der Waals surface area contributed by atoms with Crippen molar-refractivity contribution in [3.8, 4) is 0 Å². The Balaban J connectivity index is 2.23. The van der Waals surface area contributed by atoms with Gasteiger partial charge in [-0.3, -0.25) is 4.79 Å². The van der Waals surface area contributed by atoms with E-state index in [1.807, 2.05) is 0 Å². The molecule has 3 N–H and O–H groups in total. The number of carbonyl (C=O) groups is 1. The zero-order chi connectivity index (χ0) is 14.8. The van der Waals surface area contributed by atoms with E-state index in [2.05, 4.69) is 5.32 Å². The number of amides is 1. The van der Waals surface area contributed by atoms with E-state index in [0.717, 1.165) is 32.1 Å². The lowest BCUT2D eigenvalue weighted by Gasteiger charge is -2.34. The highest BCUT2D eigenvalue weighted by molar-refractivity contribution is 6.42. The molecule has 1 aliphatic rings. The monoisotopic (exact) mass is 334 g/mol. The molecule has 0 heterocycles. The third-order valence-corrected chi connectivity index (χ3v) is 4.74. The topological polar surface area (TPSA) is 55.1 Å². The lowest BCUT2D eigenvalue weighted by Crippen LogP contribution is -2.43. The van der Waals surface area contributed by atoms with Crippen molar-refractivity contribution < 1.29 is 4.79 Å². The minimum Gasteiger partial charge on any atom is -0.329 e. The van der Waals surface area contributed by atoms with Gasteiger partial charge in [-0.25, -0.2) is 0 Å². The minimum atomic E-state index is -0.509. The summed E-state index contributed by atoms with van der Waals surface area (Å²) < 4.78 is 0. The highest BCUT2D eigenvalue weighted by atomic mass is 35.5. The second kappa shape index (κ2) is 6.52. The van der Waals surface area contributed by atoms with E-state index < -0.39 is 5.41 Å². The quantitative estimate of drug-likeness (QED) is 0.854. The zero-order valence-electron chi connectivity index (χ0n) is 11.0. The molecule has 20 heavy (non-hydrogen) atoms. The maximum absolute atomic E-state index is 12.6. The number of halogens is 3. The van der Waals surface area contributed by atoms with E-state index in [9.17, 15) is 4.79 Å². The van der Waals surface area contributed by atoms with Gasteiger partial charge in [0, 0.05) is 11.6 Å². The van der Waals surface area contributed by atoms with Crippen LogP contribution in [0.5, 0.6) is 0 Å². The Bertz CT molecular complexity index is 490. The van der Waals surface area contributed by atoms with Gasteiger partial charge < -0.3 is 11.1 Å². The molecule has 0 aliphatic heterocycles. The molecule has 110 valence electrons. The molecule has 0 atom stereocenters. The van der Waals surface area contributed by atoms with Gasteiger partial charge in [-0.05, 0) is 25.0 Å². The molecular weight excluding hydrogens is 319 g/mol. The van der Waals surface area contributed by atoms with Gasteiger partial charge in [0.2, 0.25) is 5.91 Å². The van der Waals surface area contributed by atoms with Crippen LogP contribution in [0.1, 0.15) is 32.1 Å². The first-order chi connectivity index (χ1) is 9.48. The van der Waals surface area contributed by atoms with Crippen LogP contribution in [0.25, 0.3) is 0 Å². The van der Waals surface area contributed by atoms with Crippen LogP contribution in [-0.2, 0) is 4.79 Å². The van der Waals surface area contributed by atoms with Crippen molar-refractivity contribution in [1.29, 1.82) is 0 Å². The predicted octanol–water partition coefficient (Wildman–Crippen LogP) is 4.49. The number of anilines is 1. The fourth-order valence-electron chi connectivity index (χ4n) is 2.66. The molecule has 3 nitrogen and oxygen atoms in total. The third-order valence-electron chi connectivity index (χ3n) is 3.93. The lowest BCUT2D eigenvalue weighted by molar-refractivity contribution is -0.126. The highest BCUT2D eigenvalue weighted by Crippen LogP contribution is 2.39. The van der Waals surface area contributed by atoms with Gasteiger partial charge in [0.15, 0.2) is 0 Å². The van der Waals surface area contributed by atoms with Crippen molar-refractivity contribution in [3.63, 3.8) is 0 Å². The van der Waals surface area contributed by atoms with Crippen LogP contribution in [0.3, 0.4) is 0 Å². The molecule has 0 radical (unpaired) electrons. The molecule has 0 spiro atoms. The summed E-state index contributed by atoms with van der Waals surface area (Å²) in [5, 5.41) is 3.92. The molecule has 0 unspecified atom stereocenters. The zero-order valence-corrected chi connectivity index (χ0v) is 13.3. The molecule has 0 saturated heterocycles. The maximum atomic E-state index is 12.6. The second-order valence-electron chi connectivity index (χ2n) is 5.24. The Morgan fingerprint density at radius 3 is 2.20 bits per heavy atom. The molecule has 6 heteroatoms. The van der Waals surface area contributed by atoms with E-state index >= 15 is 0 Å². The summed E-state index contributed by atoms with van der Waals surface area (Å²) in [6.07, 6.45) is 4.80. The van der Waals surface area contributed by atoms with E-state index in [1.165, 1.54) is 0 Å². The number of carbonyl (C=O) groups excluding carboxylic acids is 1. The molecule has 1 aromatic rings. The number of rotatable bonds is 3. The van der Waals surface area contributed by atoms with E-state index in [4.69, 9.17) is 40.5 Å². The van der Waals surface area contributed by atoms with E-state index in [-0.39, 0.29) is 5.91 Å². The van der Waals surface area contributed by atoms with Crippen LogP contribution in [0.2, 0.25) is 15.1 Å². The molecule has 1 aromatic carbocycles. The Kier molecular flexibility index (Phi) is 5.19. The third kappa shape index (κ3) is 3.22.